The van der Waals surface area contributed by atoms with Crippen molar-refractivity contribution in [1.82, 2.24) is 9.88 Å². The van der Waals surface area contributed by atoms with E-state index in [4.69, 9.17) is 5.73 Å². The van der Waals surface area contributed by atoms with Crippen LogP contribution in [-0.2, 0) is 4.79 Å². The van der Waals surface area contributed by atoms with Crippen LogP contribution in [0.1, 0.15) is 0 Å². The first kappa shape index (κ1) is 13.2. The second-order valence-corrected chi connectivity index (χ2v) is 5.88. The van der Waals surface area contributed by atoms with Gasteiger partial charge in [0.25, 0.3) is 0 Å². The van der Waals surface area contributed by atoms with Crippen LogP contribution in [0, 0.1) is 0 Å². The normalized spacial score (nSPS) is 16.0. The molecular formula is C14H15BrN4O. The summed E-state index contributed by atoms with van der Waals surface area (Å²) in [5.41, 5.74) is 8.51. The van der Waals surface area contributed by atoms with Crippen molar-refractivity contribution in [2.75, 3.05) is 37.3 Å². The number of pyridine rings is 1. The van der Waals surface area contributed by atoms with E-state index in [1.165, 1.54) is 0 Å². The Kier molecular flexibility index (Phi) is 3.25. The fraction of sp³-hybridized carbons (Fsp3) is 0.286. The van der Waals surface area contributed by atoms with E-state index in [0.29, 0.717) is 12.2 Å². The highest BCUT2D eigenvalue weighted by Crippen LogP contribution is 2.31. The third-order valence-electron chi connectivity index (χ3n) is 3.63. The number of piperazine rings is 1. The van der Waals surface area contributed by atoms with Crippen LogP contribution in [0.2, 0.25) is 0 Å². The second kappa shape index (κ2) is 4.94. The number of benzene rings is 1. The van der Waals surface area contributed by atoms with Gasteiger partial charge in [-0.2, -0.15) is 0 Å². The van der Waals surface area contributed by atoms with Gasteiger partial charge in [-0.05, 0) is 34.1 Å². The summed E-state index contributed by atoms with van der Waals surface area (Å²) < 4.78 is 0.892. The molecule has 2 heterocycles. The summed E-state index contributed by atoms with van der Waals surface area (Å²) in [5.74, 6) is 0.123. The maximum atomic E-state index is 11.9. The Bertz CT molecular complexity index is 688. The molecule has 1 saturated heterocycles. The topological polar surface area (TPSA) is 62.5 Å². The van der Waals surface area contributed by atoms with Crippen molar-refractivity contribution in [2.24, 2.45) is 0 Å². The van der Waals surface area contributed by atoms with Gasteiger partial charge < -0.3 is 15.5 Å². The number of amides is 1. The van der Waals surface area contributed by atoms with Crippen LogP contribution in [0.15, 0.2) is 28.9 Å². The number of nitrogens with zero attached hydrogens (tertiary/aromatic N) is 3. The number of carbonyl (C=O) groups excluding carboxylic acids is 1. The molecule has 3 rings (SSSR count). The molecule has 0 radical (unpaired) electrons. The van der Waals surface area contributed by atoms with Crippen LogP contribution in [-0.4, -0.2) is 42.5 Å². The molecule has 2 N–H and O–H groups in total. The number of likely N-dealkylation sites (N-methyl/N-ethyl adjacent to an activating group) is 1. The molecule has 1 aliphatic rings. The summed E-state index contributed by atoms with van der Waals surface area (Å²) in [6.45, 7) is 1.91. The number of nitrogen functional groups attached to an aromatic ring is 1. The van der Waals surface area contributed by atoms with Crippen LogP contribution >= 0.6 is 15.9 Å². The first-order valence-corrected chi connectivity index (χ1v) is 7.18. The van der Waals surface area contributed by atoms with E-state index in [0.717, 1.165) is 34.2 Å². The van der Waals surface area contributed by atoms with Crippen LogP contribution in [0.25, 0.3) is 10.9 Å². The van der Waals surface area contributed by atoms with E-state index in [-0.39, 0.29) is 5.91 Å². The molecule has 0 aliphatic carbocycles. The summed E-state index contributed by atoms with van der Waals surface area (Å²) in [6.07, 6.45) is 1.75. The largest absolute Gasteiger partial charge is 0.398 e. The highest BCUT2D eigenvalue weighted by Gasteiger charge is 2.23. The lowest BCUT2D eigenvalue weighted by molar-refractivity contribution is -0.129. The minimum Gasteiger partial charge on any atom is -0.398 e. The number of aromatic nitrogens is 1. The van der Waals surface area contributed by atoms with Crippen molar-refractivity contribution < 1.29 is 4.79 Å². The lowest BCUT2D eigenvalue weighted by atomic mass is 10.1. The van der Waals surface area contributed by atoms with Crippen molar-refractivity contribution in [1.29, 1.82) is 0 Å². The van der Waals surface area contributed by atoms with Gasteiger partial charge >= 0.3 is 0 Å². The van der Waals surface area contributed by atoms with E-state index in [9.17, 15) is 4.79 Å². The Hall–Kier alpha value is -1.82. The average molecular weight is 335 g/mol. The first-order chi connectivity index (χ1) is 9.56. The number of rotatable bonds is 1. The number of hydrogen-bond acceptors (Lipinski definition) is 4. The average Bonchev–Trinajstić information content (AvgIpc) is 2.43. The number of anilines is 2. The van der Waals surface area contributed by atoms with Crippen LogP contribution in [0.3, 0.4) is 0 Å². The molecule has 104 valence electrons. The number of nitrogens with two attached hydrogens (primary N) is 1. The molecule has 0 spiro atoms. The molecule has 1 aromatic heterocycles. The molecule has 6 heteroatoms. The Balaban J connectivity index is 2.08. The number of halogens is 1. The Morgan fingerprint density at radius 2 is 2.15 bits per heavy atom. The van der Waals surface area contributed by atoms with Crippen molar-refractivity contribution in [3.63, 3.8) is 0 Å². The first-order valence-electron chi connectivity index (χ1n) is 6.39. The van der Waals surface area contributed by atoms with E-state index in [2.05, 4.69) is 25.8 Å². The molecule has 1 amide bonds. The molecule has 0 bridgehead atoms. The van der Waals surface area contributed by atoms with E-state index in [1.807, 2.05) is 25.2 Å². The van der Waals surface area contributed by atoms with Gasteiger partial charge in [0.05, 0.1) is 17.7 Å². The molecule has 0 unspecified atom stereocenters. The maximum Gasteiger partial charge on any atom is 0.241 e. The summed E-state index contributed by atoms with van der Waals surface area (Å²) in [5, 5.41) is 0.906. The van der Waals surface area contributed by atoms with Crippen molar-refractivity contribution in [3.8, 4) is 0 Å². The number of fused-ring (bicyclic) bond motifs is 1. The second-order valence-electron chi connectivity index (χ2n) is 4.96. The predicted molar refractivity (Wildman–Crippen MR) is 83.7 cm³/mol. The van der Waals surface area contributed by atoms with Crippen LogP contribution in [0.5, 0.6) is 0 Å². The Morgan fingerprint density at radius 3 is 2.90 bits per heavy atom. The van der Waals surface area contributed by atoms with Gasteiger partial charge in [0.2, 0.25) is 5.91 Å². The van der Waals surface area contributed by atoms with Crippen LogP contribution < -0.4 is 10.6 Å². The summed E-state index contributed by atoms with van der Waals surface area (Å²) >= 11 is 3.41. The Morgan fingerprint density at radius 1 is 1.35 bits per heavy atom. The molecular weight excluding hydrogens is 320 g/mol. The zero-order valence-corrected chi connectivity index (χ0v) is 12.7. The lowest BCUT2D eigenvalue weighted by Gasteiger charge is -2.34. The van der Waals surface area contributed by atoms with Crippen molar-refractivity contribution >= 4 is 44.1 Å². The molecule has 5 nitrogen and oxygen atoms in total. The van der Waals surface area contributed by atoms with E-state index < -0.39 is 0 Å². The highest BCUT2D eigenvalue weighted by molar-refractivity contribution is 9.10. The molecule has 20 heavy (non-hydrogen) atoms. The van der Waals surface area contributed by atoms with Gasteiger partial charge in [0.15, 0.2) is 0 Å². The van der Waals surface area contributed by atoms with Crippen molar-refractivity contribution in [2.45, 2.75) is 0 Å². The molecule has 0 atom stereocenters. The maximum absolute atomic E-state index is 11.9. The van der Waals surface area contributed by atoms with Gasteiger partial charge in [-0.15, -0.1) is 0 Å². The Labute approximate surface area is 125 Å². The summed E-state index contributed by atoms with van der Waals surface area (Å²) in [4.78, 5) is 20.1. The minimum atomic E-state index is 0.123. The van der Waals surface area contributed by atoms with Gasteiger partial charge in [0.1, 0.15) is 0 Å². The summed E-state index contributed by atoms with van der Waals surface area (Å²) in [6, 6.07) is 5.77. The summed E-state index contributed by atoms with van der Waals surface area (Å²) in [7, 11) is 1.83. The predicted octanol–water partition coefficient (Wildman–Crippen LogP) is 1.86. The quantitative estimate of drug-likeness (QED) is 0.808. The fourth-order valence-corrected chi connectivity index (χ4v) is 2.75. The molecule has 1 aliphatic heterocycles. The van der Waals surface area contributed by atoms with E-state index in [1.54, 1.807) is 11.1 Å². The minimum absolute atomic E-state index is 0.123. The molecule has 2 aromatic rings. The van der Waals surface area contributed by atoms with Gasteiger partial charge in [0, 0.05) is 41.9 Å². The standard InChI is InChI=1S/C14H15BrN4O/c1-18-4-5-19(8-13(18)20)12-3-2-11(16)10-6-9(15)7-17-14(10)12/h2-3,6-7H,4-5,8,16H2,1H3. The SMILES string of the molecule is CN1CCN(c2ccc(N)c3cc(Br)cnc23)CC1=O. The van der Waals surface area contributed by atoms with Gasteiger partial charge in [-0.25, -0.2) is 0 Å². The highest BCUT2D eigenvalue weighted by atomic mass is 79.9. The third kappa shape index (κ3) is 2.20. The lowest BCUT2D eigenvalue weighted by Crippen LogP contribution is -2.48. The molecule has 1 aromatic carbocycles. The smallest absolute Gasteiger partial charge is 0.241 e. The number of hydrogen-bond donors (Lipinski definition) is 1. The van der Waals surface area contributed by atoms with Crippen LogP contribution in [0.4, 0.5) is 11.4 Å². The molecule has 1 fully saturated rings. The van der Waals surface area contributed by atoms with Crippen molar-refractivity contribution in [3.05, 3.63) is 28.9 Å². The molecule has 0 saturated carbocycles. The van der Waals surface area contributed by atoms with Gasteiger partial charge in [-0.1, -0.05) is 0 Å². The zero-order valence-electron chi connectivity index (χ0n) is 11.1. The fourth-order valence-electron chi connectivity index (χ4n) is 2.42. The monoisotopic (exact) mass is 334 g/mol. The van der Waals surface area contributed by atoms with Gasteiger partial charge in [-0.3, -0.25) is 9.78 Å². The zero-order chi connectivity index (χ0) is 14.3. The van der Waals surface area contributed by atoms with E-state index >= 15 is 0 Å². The third-order valence-corrected chi connectivity index (χ3v) is 4.06. The number of carbonyl (C=O) groups is 1.